The van der Waals surface area contributed by atoms with Crippen LogP contribution in [0.4, 0.5) is 26.3 Å². The third kappa shape index (κ3) is 5.99. The van der Waals surface area contributed by atoms with Gasteiger partial charge in [-0.2, -0.15) is 26.3 Å². The molecule has 8 nitrogen and oxygen atoms in total. The number of aromatic nitrogens is 3. The largest absolute Gasteiger partial charge is 0.508 e. The molecule has 1 atom stereocenters. The van der Waals surface area contributed by atoms with Crippen molar-refractivity contribution in [2.75, 3.05) is 0 Å². The molecule has 1 unspecified atom stereocenters. The highest BCUT2D eigenvalue weighted by molar-refractivity contribution is 7.19. The van der Waals surface area contributed by atoms with E-state index in [-0.39, 0.29) is 38.6 Å². The number of benzene rings is 5. The number of thiophene rings is 2. The molecule has 5 aromatic carbocycles. The molecule has 1 aliphatic carbocycles. The monoisotopic (exact) mass is 919 g/mol. The molecule has 0 radical (unpaired) electrons. The molecule has 0 amide bonds. The van der Waals surface area contributed by atoms with Crippen LogP contribution in [0.2, 0.25) is 0 Å². The van der Waals surface area contributed by atoms with E-state index >= 15 is 26.3 Å². The zero-order chi connectivity index (χ0) is 45.2. The predicted octanol–water partition coefficient (Wildman–Crippen LogP) is 12.6. The van der Waals surface area contributed by atoms with Gasteiger partial charge in [-0.05, 0) is 73.0 Å². The average molecular weight is 920 g/mol. The first-order valence-electron chi connectivity index (χ1n) is 20.2. The van der Waals surface area contributed by atoms with Crippen molar-refractivity contribution in [3.8, 4) is 33.4 Å². The number of esters is 1. The van der Waals surface area contributed by atoms with Crippen molar-refractivity contribution in [1.29, 1.82) is 0 Å². The minimum absolute atomic E-state index is 0.0221. The summed E-state index contributed by atoms with van der Waals surface area (Å²) >= 11 is 2.14. The normalized spacial score (nSPS) is 18.7. The smallest absolute Gasteiger partial charge is 0.380 e. The Morgan fingerprint density at radius 2 is 1.45 bits per heavy atom. The van der Waals surface area contributed by atoms with Crippen LogP contribution in [0.1, 0.15) is 59.2 Å². The van der Waals surface area contributed by atoms with Crippen molar-refractivity contribution in [2.45, 2.75) is 50.4 Å². The molecule has 11 rings (SSSR count). The summed E-state index contributed by atoms with van der Waals surface area (Å²) in [5.41, 5.74) is -0.518. The van der Waals surface area contributed by atoms with Crippen molar-refractivity contribution in [1.82, 2.24) is 15.0 Å². The summed E-state index contributed by atoms with van der Waals surface area (Å²) in [6.07, 6.45) is 1.71. The van der Waals surface area contributed by atoms with Gasteiger partial charge in [0.2, 0.25) is 0 Å². The molecule has 3 aliphatic rings. The first kappa shape index (κ1) is 40.8. The van der Waals surface area contributed by atoms with E-state index in [1.165, 1.54) is 38.1 Å². The molecule has 16 heteroatoms. The fourth-order valence-corrected chi connectivity index (χ4v) is 11.2. The highest BCUT2D eigenvalue weighted by atomic mass is 32.1. The average Bonchev–Trinajstić information content (AvgIpc) is 4.06. The van der Waals surface area contributed by atoms with Crippen LogP contribution in [0.15, 0.2) is 121 Å². The molecular weight excluding hydrogens is 889 g/mol. The number of rotatable bonds is 8. The number of ether oxygens (including phenoxy) is 3. The maximum Gasteiger partial charge on any atom is 0.380 e. The second-order valence-corrected chi connectivity index (χ2v) is 18.5. The van der Waals surface area contributed by atoms with Crippen LogP contribution in [0.3, 0.4) is 0 Å². The summed E-state index contributed by atoms with van der Waals surface area (Å²) in [6, 6.07) is 31.7. The summed E-state index contributed by atoms with van der Waals surface area (Å²) < 4.78 is 114. The molecule has 0 saturated carbocycles. The number of hydrogen-bond acceptors (Lipinski definition) is 9. The second-order valence-electron chi connectivity index (χ2n) is 16.0. The molecule has 65 heavy (non-hydrogen) atoms. The predicted molar refractivity (Wildman–Crippen MR) is 233 cm³/mol. The van der Waals surface area contributed by atoms with E-state index in [4.69, 9.17) is 14.2 Å². The maximum atomic E-state index is 15.8. The number of hydrogen-bond donors (Lipinski definition) is 1. The Labute approximate surface area is 373 Å². The van der Waals surface area contributed by atoms with Gasteiger partial charge in [0.05, 0.1) is 18.3 Å². The number of nitrogens with zero attached hydrogens (tertiary/aromatic N) is 3. The Bertz CT molecular complexity index is 3320. The number of allylic oxidation sites excluding steroid dienone is 2. The first-order valence-corrected chi connectivity index (χ1v) is 21.8. The fraction of sp³-hybridized carbons (Fsp3) is 0.163. The lowest BCUT2D eigenvalue weighted by atomic mass is 9.77. The number of carbonyl (C=O) groups excluding carboxylic acids is 1. The number of carbonyl (C=O) groups is 1. The number of phenolic OH excluding ortho intramolecular Hbond substituents is 1. The van der Waals surface area contributed by atoms with E-state index in [0.717, 1.165) is 28.2 Å². The Hall–Kier alpha value is -6.91. The lowest BCUT2D eigenvalue weighted by Gasteiger charge is -2.36. The summed E-state index contributed by atoms with van der Waals surface area (Å²) in [5, 5.41) is 19.0. The van der Waals surface area contributed by atoms with E-state index < -0.39 is 40.5 Å². The van der Waals surface area contributed by atoms with Crippen LogP contribution in [-0.4, -0.2) is 43.8 Å². The minimum Gasteiger partial charge on any atom is -0.508 e. The Morgan fingerprint density at radius 1 is 0.738 bits per heavy atom. The van der Waals surface area contributed by atoms with E-state index in [9.17, 15) is 9.90 Å². The SMILES string of the molecule is Cc1sc(-c2ccc(Cn3cc(COc4ccc5c(c4)Oc4cc(O)ccc4C54OC(=O)c5ccccc54)nn3)cc2)cc1C1=C(c2c(C)sc3ccccc23)C(F)(F)C(F)(F)C1(F)F. The molecule has 1 spiro atoms. The van der Waals surface area contributed by atoms with E-state index in [1.54, 1.807) is 89.7 Å². The van der Waals surface area contributed by atoms with Crippen LogP contribution >= 0.6 is 22.7 Å². The number of aryl methyl sites for hydroxylation is 2. The highest BCUT2D eigenvalue weighted by Crippen LogP contribution is 2.66. The van der Waals surface area contributed by atoms with Crippen molar-refractivity contribution < 1.29 is 50.5 Å². The molecule has 8 aromatic rings. The van der Waals surface area contributed by atoms with Gasteiger partial charge in [0.15, 0.2) is 5.60 Å². The lowest BCUT2D eigenvalue weighted by Crippen LogP contribution is -2.48. The Morgan fingerprint density at radius 3 is 2.25 bits per heavy atom. The highest BCUT2D eigenvalue weighted by Gasteiger charge is 2.80. The molecule has 3 aromatic heterocycles. The molecule has 326 valence electrons. The van der Waals surface area contributed by atoms with Gasteiger partial charge >= 0.3 is 23.7 Å². The van der Waals surface area contributed by atoms with E-state index in [1.807, 2.05) is 12.1 Å². The van der Waals surface area contributed by atoms with Crippen LogP contribution < -0.4 is 9.47 Å². The van der Waals surface area contributed by atoms with Gasteiger partial charge in [-0.25, -0.2) is 9.48 Å². The van der Waals surface area contributed by atoms with Crippen molar-refractivity contribution in [3.63, 3.8) is 0 Å². The Kier molecular flexibility index (Phi) is 8.98. The van der Waals surface area contributed by atoms with Gasteiger partial charge in [-0.15, -0.1) is 27.8 Å². The van der Waals surface area contributed by atoms with Crippen molar-refractivity contribution in [2.24, 2.45) is 0 Å². The number of fused-ring (bicyclic) bond motifs is 7. The van der Waals surface area contributed by atoms with Crippen LogP contribution in [0.25, 0.3) is 31.7 Å². The van der Waals surface area contributed by atoms with E-state index in [2.05, 4.69) is 10.3 Å². The number of alkyl halides is 6. The molecule has 1 N–H and O–H groups in total. The molecule has 2 aliphatic heterocycles. The van der Waals surface area contributed by atoms with Gasteiger partial charge in [0.1, 0.15) is 35.3 Å². The summed E-state index contributed by atoms with van der Waals surface area (Å²) in [7, 11) is 0. The zero-order valence-electron chi connectivity index (χ0n) is 34.0. The van der Waals surface area contributed by atoms with Crippen molar-refractivity contribution >= 4 is 49.9 Å². The summed E-state index contributed by atoms with van der Waals surface area (Å²) in [4.78, 5) is 14.0. The second kappa shape index (κ2) is 14.3. The Balaban J connectivity index is 0.821. The van der Waals surface area contributed by atoms with Gasteiger partial charge in [0.25, 0.3) is 0 Å². The third-order valence-corrected chi connectivity index (χ3v) is 14.3. The molecule has 0 fully saturated rings. The van der Waals surface area contributed by atoms with Crippen LogP contribution in [0.5, 0.6) is 23.0 Å². The van der Waals surface area contributed by atoms with Gasteiger partial charge in [-0.1, -0.05) is 65.9 Å². The number of aromatic hydroxyl groups is 1. The topological polar surface area (TPSA) is 95.7 Å². The van der Waals surface area contributed by atoms with Crippen LogP contribution in [-0.2, 0) is 23.5 Å². The van der Waals surface area contributed by atoms with Crippen molar-refractivity contribution in [3.05, 3.63) is 176 Å². The standard InChI is InChI=1S/C49H31F6N3O5S2/c1-25-34(43-44(48(52,53)49(54,55)47(43,50)51)42-26(2)65-40-10-6-4-8-33(40)42)21-41(64-25)28-13-11-27(12-14-28)22-58-23-29(56-57-58)24-61-31-16-18-37-39(20-31)62-38-19-30(59)15-17-36(38)46(37)35-9-5-3-7-32(35)45(60)63-46/h3-21,23,59H,22,24H2,1-2H3. The lowest BCUT2D eigenvalue weighted by molar-refractivity contribution is -0.254. The van der Waals surface area contributed by atoms with Crippen LogP contribution in [0, 0.1) is 13.8 Å². The van der Waals surface area contributed by atoms with E-state index in [0.29, 0.717) is 66.9 Å². The first-order chi connectivity index (χ1) is 31.1. The molecular formula is C49H31F6N3O5S2. The summed E-state index contributed by atoms with van der Waals surface area (Å²) in [6.45, 7) is 3.27. The minimum atomic E-state index is -5.66. The molecule has 0 bridgehead atoms. The molecule has 0 saturated heterocycles. The number of phenols is 1. The zero-order valence-corrected chi connectivity index (χ0v) is 35.6. The maximum absolute atomic E-state index is 15.8. The molecule has 5 heterocycles. The van der Waals surface area contributed by atoms with Gasteiger partial charge < -0.3 is 19.3 Å². The third-order valence-electron chi connectivity index (χ3n) is 12.1. The summed E-state index contributed by atoms with van der Waals surface area (Å²) in [5.74, 6) is -15.3. The van der Waals surface area contributed by atoms with Gasteiger partial charge in [0, 0.05) is 70.3 Å². The van der Waals surface area contributed by atoms with Gasteiger partial charge in [-0.3, -0.25) is 0 Å². The fourth-order valence-electron chi connectivity index (χ4n) is 9.10. The number of halogens is 6. The quantitative estimate of drug-likeness (QED) is 0.120.